The number of rotatable bonds is 4. The van der Waals surface area contributed by atoms with Gasteiger partial charge in [-0.1, -0.05) is 60.7 Å². The molecule has 0 saturated carbocycles. The van der Waals surface area contributed by atoms with Crippen LogP contribution >= 0.6 is 0 Å². The van der Waals surface area contributed by atoms with E-state index in [1.165, 1.54) is 6.07 Å². The molecule has 0 amide bonds. The van der Waals surface area contributed by atoms with Gasteiger partial charge in [-0.15, -0.1) is 0 Å². The third-order valence-corrected chi connectivity index (χ3v) is 4.34. The van der Waals surface area contributed by atoms with Crippen LogP contribution in [-0.2, 0) is 0 Å². The molecule has 3 aromatic carbocycles. The lowest BCUT2D eigenvalue weighted by atomic mass is 9.99. The van der Waals surface area contributed by atoms with Crippen molar-refractivity contribution in [3.05, 3.63) is 112 Å². The van der Waals surface area contributed by atoms with Crippen molar-refractivity contribution in [3.8, 4) is 0 Å². The van der Waals surface area contributed by atoms with E-state index < -0.39 is 0 Å². The average Bonchev–Trinajstić information content (AvgIpc) is 3.11. The second kappa shape index (κ2) is 6.69. The molecule has 1 aromatic heterocycles. The molecule has 0 aliphatic heterocycles. The van der Waals surface area contributed by atoms with Crippen LogP contribution in [0.15, 0.2) is 84.9 Å². The number of hydrogen-bond acceptors (Lipinski definition) is 2. The van der Waals surface area contributed by atoms with Gasteiger partial charge in [0.15, 0.2) is 0 Å². The summed E-state index contributed by atoms with van der Waals surface area (Å²) in [5, 5.41) is 12.5. The Kier molecular flexibility index (Phi) is 4.07. The highest BCUT2D eigenvalue weighted by atomic mass is 16.6. The zero-order valence-corrected chi connectivity index (χ0v) is 13.9. The van der Waals surface area contributed by atoms with Gasteiger partial charge in [0.1, 0.15) is 0 Å². The van der Waals surface area contributed by atoms with Crippen LogP contribution in [-0.4, -0.2) is 9.91 Å². The Hall–Kier alpha value is -3.66. The fourth-order valence-corrected chi connectivity index (χ4v) is 3.08. The van der Waals surface area contributed by atoms with Gasteiger partial charge in [0.05, 0.1) is 10.5 Å². The first-order valence-corrected chi connectivity index (χ1v) is 8.31. The Labute approximate surface area is 150 Å². The lowest BCUT2D eigenvalue weighted by molar-refractivity contribution is -0.385. The fourth-order valence-electron chi connectivity index (χ4n) is 3.08. The molecule has 4 heteroatoms. The van der Waals surface area contributed by atoms with Gasteiger partial charge in [-0.05, 0) is 29.8 Å². The summed E-state index contributed by atoms with van der Waals surface area (Å²) in [7, 11) is 0. The zero-order valence-electron chi connectivity index (χ0n) is 13.9. The number of hydrogen-bond donors (Lipinski definition) is 1. The molecule has 0 bridgehead atoms. The van der Waals surface area contributed by atoms with Crippen molar-refractivity contribution in [2.24, 2.45) is 0 Å². The molecular formula is C22H16N2O2. The first-order valence-electron chi connectivity index (χ1n) is 8.31. The van der Waals surface area contributed by atoms with Crippen molar-refractivity contribution in [2.45, 2.75) is 0 Å². The van der Waals surface area contributed by atoms with Crippen LogP contribution in [0.4, 0.5) is 5.69 Å². The van der Waals surface area contributed by atoms with Gasteiger partial charge in [-0.3, -0.25) is 10.1 Å². The van der Waals surface area contributed by atoms with E-state index in [2.05, 4.69) is 11.1 Å². The smallest absolute Gasteiger partial charge is 0.276 e. The van der Waals surface area contributed by atoms with Crippen molar-refractivity contribution < 1.29 is 4.92 Å². The molecule has 0 fully saturated rings. The molecule has 1 heterocycles. The van der Waals surface area contributed by atoms with Crippen molar-refractivity contribution in [1.29, 1.82) is 0 Å². The Balaban J connectivity index is 1.94. The van der Waals surface area contributed by atoms with E-state index in [1.807, 2.05) is 66.7 Å². The standard InChI is InChI=1S/C22H16N2O2/c25-24(26)22-13-7-5-11-18(22)14-19(16-8-2-1-3-9-16)21-15-17-10-4-6-12-20(17)23-21/h1-15,23H/b19-14-. The predicted octanol–water partition coefficient (Wildman–Crippen LogP) is 5.67. The largest absolute Gasteiger partial charge is 0.355 e. The van der Waals surface area contributed by atoms with Gasteiger partial charge in [0.2, 0.25) is 0 Å². The lowest BCUT2D eigenvalue weighted by Crippen LogP contribution is -1.93. The minimum Gasteiger partial charge on any atom is -0.355 e. The van der Waals surface area contributed by atoms with E-state index in [0.717, 1.165) is 27.7 Å². The molecule has 0 saturated heterocycles. The number of fused-ring (bicyclic) bond motifs is 1. The van der Waals surface area contributed by atoms with Crippen LogP contribution in [0.5, 0.6) is 0 Å². The summed E-state index contributed by atoms with van der Waals surface area (Å²) in [4.78, 5) is 14.5. The van der Waals surface area contributed by atoms with E-state index in [0.29, 0.717) is 5.56 Å². The van der Waals surface area contributed by atoms with Crippen molar-refractivity contribution in [2.75, 3.05) is 0 Å². The number of aromatic amines is 1. The Morgan fingerprint density at radius 3 is 2.35 bits per heavy atom. The molecule has 126 valence electrons. The number of H-pyrrole nitrogens is 1. The molecule has 4 aromatic rings. The highest BCUT2D eigenvalue weighted by molar-refractivity contribution is 5.95. The molecular weight excluding hydrogens is 324 g/mol. The average molecular weight is 340 g/mol. The van der Waals surface area contributed by atoms with Crippen LogP contribution in [0.2, 0.25) is 0 Å². The summed E-state index contributed by atoms with van der Waals surface area (Å²) in [6, 6.07) is 26.8. The molecule has 0 aliphatic rings. The fraction of sp³-hybridized carbons (Fsp3) is 0. The van der Waals surface area contributed by atoms with E-state index in [4.69, 9.17) is 0 Å². The third-order valence-electron chi connectivity index (χ3n) is 4.34. The maximum Gasteiger partial charge on any atom is 0.276 e. The number of nitrogens with zero attached hydrogens (tertiary/aromatic N) is 1. The van der Waals surface area contributed by atoms with Gasteiger partial charge in [0.25, 0.3) is 5.69 Å². The number of para-hydroxylation sites is 2. The summed E-state index contributed by atoms with van der Waals surface area (Å²) in [6.45, 7) is 0. The SMILES string of the molecule is O=[N+]([O-])c1ccccc1/C=C(/c1ccccc1)c1cc2ccccc2[nH]1. The van der Waals surface area contributed by atoms with Crippen LogP contribution in [0, 0.1) is 10.1 Å². The number of nitrogens with one attached hydrogen (secondary N) is 1. The maximum absolute atomic E-state index is 11.4. The van der Waals surface area contributed by atoms with Gasteiger partial charge >= 0.3 is 0 Å². The second-order valence-corrected chi connectivity index (χ2v) is 6.01. The van der Waals surface area contributed by atoms with Crippen LogP contribution in [0.1, 0.15) is 16.8 Å². The molecule has 1 N–H and O–H groups in total. The van der Waals surface area contributed by atoms with Crippen LogP contribution < -0.4 is 0 Å². The number of nitro benzene ring substituents is 1. The van der Waals surface area contributed by atoms with E-state index in [-0.39, 0.29) is 10.6 Å². The van der Waals surface area contributed by atoms with E-state index >= 15 is 0 Å². The molecule has 0 radical (unpaired) electrons. The van der Waals surface area contributed by atoms with Gasteiger partial charge in [-0.25, -0.2) is 0 Å². The Morgan fingerprint density at radius 2 is 1.58 bits per heavy atom. The molecule has 0 spiro atoms. The summed E-state index contributed by atoms with van der Waals surface area (Å²) in [5.41, 5.74) is 4.54. The summed E-state index contributed by atoms with van der Waals surface area (Å²) in [5.74, 6) is 0. The summed E-state index contributed by atoms with van der Waals surface area (Å²) in [6.07, 6.45) is 1.87. The zero-order chi connectivity index (χ0) is 17.9. The van der Waals surface area contributed by atoms with Crippen molar-refractivity contribution >= 4 is 28.2 Å². The number of nitro groups is 1. The van der Waals surface area contributed by atoms with Crippen LogP contribution in [0.3, 0.4) is 0 Å². The highest BCUT2D eigenvalue weighted by Gasteiger charge is 2.14. The normalized spacial score (nSPS) is 11.6. The Bertz CT molecular complexity index is 1080. The third kappa shape index (κ3) is 3.00. The van der Waals surface area contributed by atoms with Crippen molar-refractivity contribution in [3.63, 3.8) is 0 Å². The van der Waals surface area contributed by atoms with E-state index in [1.54, 1.807) is 12.1 Å². The quantitative estimate of drug-likeness (QED) is 0.296. The highest BCUT2D eigenvalue weighted by Crippen LogP contribution is 2.30. The van der Waals surface area contributed by atoms with Gasteiger partial charge in [0, 0.05) is 28.2 Å². The molecule has 4 rings (SSSR count). The van der Waals surface area contributed by atoms with E-state index in [9.17, 15) is 10.1 Å². The number of benzene rings is 3. The van der Waals surface area contributed by atoms with Crippen molar-refractivity contribution in [1.82, 2.24) is 4.98 Å². The topological polar surface area (TPSA) is 58.9 Å². The molecule has 0 unspecified atom stereocenters. The van der Waals surface area contributed by atoms with Crippen LogP contribution in [0.25, 0.3) is 22.6 Å². The predicted molar refractivity (Wildman–Crippen MR) is 105 cm³/mol. The molecule has 0 aliphatic carbocycles. The van der Waals surface area contributed by atoms with Gasteiger partial charge < -0.3 is 4.98 Å². The monoisotopic (exact) mass is 340 g/mol. The lowest BCUT2D eigenvalue weighted by Gasteiger charge is -2.07. The first kappa shape index (κ1) is 15.8. The summed E-state index contributed by atoms with van der Waals surface area (Å²) >= 11 is 0. The summed E-state index contributed by atoms with van der Waals surface area (Å²) < 4.78 is 0. The molecule has 0 atom stereocenters. The minimum atomic E-state index is -0.348. The maximum atomic E-state index is 11.4. The molecule has 26 heavy (non-hydrogen) atoms. The number of aromatic nitrogens is 1. The minimum absolute atomic E-state index is 0.0945. The van der Waals surface area contributed by atoms with Gasteiger partial charge in [-0.2, -0.15) is 0 Å². The second-order valence-electron chi connectivity index (χ2n) is 6.01. The molecule has 4 nitrogen and oxygen atoms in total. The first-order chi connectivity index (χ1) is 12.7. The Morgan fingerprint density at radius 1 is 0.885 bits per heavy atom.